The molecule has 3 aromatic rings. The third kappa shape index (κ3) is 8.28. The molecule has 0 bridgehead atoms. The van der Waals surface area contributed by atoms with E-state index < -0.39 is 11.9 Å². The van der Waals surface area contributed by atoms with Crippen LogP contribution in [0.1, 0.15) is 5.76 Å². The highest BCUT2D eigenvalue weighted by Crippen LogP contribution is 2.22. The smallest absolute Gasteiger partial charge is 0.414 e. The van der Waals surface area contributed by atoms with E-state index in [1.165, 1.54) is 0 Å². The summed E-state index contributed by atoms with van der Waals surface area (Å²) >= 11 is 0. The summed E-state index contributed by atoms with van der Waals surface area (Å²) in [6, 6.07) is 20.5. The van der Waals surface area contributed by atoms with Crippen LogP contribution in [0.4, 0.5) is 5.69 Å². The van der Waals surface area contributed by atoms with Crippen molar-refractivity contribution in [1.29, 1.82) is 0 Å². The molecule has 0 unspecified atom stereocenters. The van der Waals surface area contributed by atoms with Crippen LogP contribution >= 0.6 is 0 Å². The van der Waals surface area contributed by atoms with Crippen molar-refractivity contribution >= 4 is 23.5 Å². The first-order valence-corrected chi connectivity index (χ1v) is 8.76. The summed E-state index contributed by atoms with van der Waals surface area (Å²) in [5.74, 6) is -1.47. The lowest BCUT2D eigenvalue weighted by Crippen LogP contribution is -2.27. The Hall–Kier alpha value is -4.11. The number of carboxylic acid groups (broad SMARTS) is 2. The molecule has 0 saturated carbocycles. The second-order valence-electron chi connectivity index (χ2n) is 5.78. The van der Waals surface area contributed by atoms with E-state index in [2.05, 4.69) is 10.6 Å². The normalized spacial score (nSPS) is 9.73. The molecule has 9 nitrogen and oxygen atoms in total. The maximum absolute atomic E-state index is 11.9. The van der Waals surface area contributed by atoms with Crippen LogP contribution in [-0.4, -0.2) is 34.6 Å². The Bertz CT molecular complexity index is 927. The van der Waals surface area contributed by atoms with Crippen LogP contribution in [-0.2, 0) is 20.9 Å². The number of hydrogen-bond acceptors (Lipinski definition) is 6. The molecule has 0 atom stereocenters. The molecule has 30 heavy (non-hydrogen) atoms. The van der Waals surface area contributed by atoms with Gasteiger partial charge in [-0.05, 0) is 48.5 Å². The second-order valence-corrected chi connectivity index (χ2v) is 5.78. The number of carbonyl (C=O) groups excluding carboxylic acids is 1. The Morgan fingerprint density at radius 2 is 1.47 bits per heavy atom. The number of para-hydroxylation sites is 1. The summed E-state index contributed by atoms with van der Waals surface area (Å²) < 4.78 is 10.9. The second kappa shape index (κ2) is 11.7. The number of aliphatic carboxylic acids is 2. The standard InChI is InChI=1S/C19H18N2O3.C2H2O4/c22-19(14-20-13-18-7-4-12-23-18)21-15-8-10-17(11-9-15)24-16-5-2-1-3-6-16;3-1(4)2(5)6/h1-12,20H,13-14H2,(H,21,22);(H,3,4)(H,5,6). The highest BCUT2D eigenvalue weighted by Gasteiger charge is 2.04. The summed E-state index contributed by atoms with van der Waals surface area (Å²) in [6.07, 6.45) is 1.61. The molecular formula is C21H20N2O7. The molecule has 0 radical (unpaired) electrons. The van der Waals surface area contributed by atoms with E-state index >= 15 is 0 Å². The van der Waals surface area contributed by atoms with E-state index in [9.17, 15) is 4.79 Å². The van der Waals surface area contributed by atoms with E-state index in [1.807, 2.05) is 66.7 Å². The molecule has 1 aromatic heterocycles. The van der Waals surface area contributed by atoms with Gasteiger partial charge in [-0.25, -0.2) is 9.59 Å². The first kappa shape index (κ1) is 22.2. The Balaban J connectivity index is 0.000000469. The highest BCUT2D eigenvalue weighted by molar-refractivity contribution is 6.27. The quantitative estimate of drug-likeness (QED) is 0.435. The fraction of sp³-hybridized carbons (Fsp3) is 0.0952. The van der Waals surface area contributed by atoms with Crippen molar-refractivity contribution in [3.63, 3.8) is 0 Å². The lowest BCUT2D eigenvalue weighted by atomic mass is 10.3. The van der Waals surface area contributed by atoms with Crippen molar-refractivity contribution in [2.24, 2.45) is 0 Å². The van der Waals surface area contributed by atoms with Crippen molar-refractivity contribution in [3.05, 3.63) is 78.8 Å². The number of amides is 1. The molecule has 0 fully saturated rings. The zero-order valence-corrected chi connectivity index (χ0v) is 15.8. The first-order valence-electron chi connectivity index (χ1n) is 8.76. The molecule has 0 aliphatic heterocycles. The number of carboxylic acids is 2. The molecule has 0 aliphatic carbocycles. The number of hydrogen-bond donors (Lipinski definition) is 4. The van der Waals surface area contributed by atoms with Crippen molar-refractivity contribution in [1.82, 2.24) is 5.32 Å². The minimum atomic E-state index is -1.82. The van der Waals surface area contributed by atoms with E-state index in [0.717, 1.165) is 22.9 Å². The van der Waals surface area contributed by atoms with E-state index in [0.29, 0.717) is 6.54 Å². The Morgan fingerprint density at radius 1 is 0.833 bits per heavy atom. The summed E-state index contributed by atoms with van der Waals surface area (Å²) in [4.78, 5) is 30.1. The first-order chi connectivity index (χ1) is 14.4. The van der Waals surface area contributed by atoms with E-state index in [4.69, 9.17) is 29.0 Å². The average molecular weight is 412 g/mol. The van der Waals surface area contributed by atoms with Gasteiger partial charge in [-0.3, -0.25) is 4.79 Å². The van der Waals surface area contributed by atoms with Gasteiger partial charge < -0.3 is 30.0 Å². The predicted octanol–water partition coefficient (Wildman–Crippen LogP) is 2.96. The summed E-state index contributed by atoms with van der Waals surface area (Å²) in [5, 5.41) is 20.6. The van der Waals surface area contributed by atoms with Gasteiger partial charge in [0, 0.05) is 5.69 Å². The molecule has 0 spiro atoms. The molecular weight excluding hydrogens is 392 g/mol. The Morgan fingerprint density at radius 3 is 2.03 bits per heavy atom. The Labute approximate surface area is 171 Å². The maximum atomic E-state index is 11.9. The number of carbonyl (C=O) groups is 3. The average Bonchev–Trinajstić information content (AvgIpc) is 3.24. The number of furan rings is 1. The van der Waals surface area contributed by atoms with Crippen LogP contribution in [0.5, 0.6) is 11.5 Å². The van der Waals surface area contributed by atoms with Gasteiger partial charge >= 0.3 is 11.9 Å². The van der Waals surface area contributed by atoms with Gasteiger partial charge in [0.1, 0.15) is 17.3 Å². The van der Waals surface area contributed by atoms with Crippen LogP contribution in [0.15, 0.2) is 77.4 Å². The largest absolute Gasteiger partial charge is 0.473 e. The van der Waals surface area contributed by atoms with Gasteiger partial charge in [0.2, 0.25) is 5.91 Å². The fourth-order valence-electron chi connectivity index (χ4n) is 2.15. The number of ether oxygens (including phenoxy) is 1. The van der Waals surface area contributed by atoms with Crippen LogP contribution in [0, 0.1) is 0 Å². The minimum absolute atomic E-state index is 0.113. The molecule has 1 heterocycles. The van der Waals surface area contributed by atoms with Crippen molar-refractivity contribution in [3.8, 4) is 11.5 Å². The Kier molecular flexibility index (Phi) is 8.63. The van der Waals surface area contributed by atoms with Gasteiger partial charge in [-0.15, -0.1) is 0 Å². The van der Waals surface area contributed by atoms with Crippen molar-refractivity contribution in [2.45, 2.75) is 6.54 Å². The van der Waals surface area contributed by atoms with E-state index in [-0.39, 0.29) is 12.5 Å². The summed E-state index contributed by atoms with van der Waals surface area (Å²) in [5.41, 5.74) is 0.722. The van der Waals surface area contributed by atoms with Gasteiger partial charge in [-0.1, -0.05) is 18.2 Å². The third-order valence-corrected chi connectivity index (χ3v) is 3.46. The minimum Gasteiger partial charge on any atom is -0.473 e. The lowest BCUT2D eigenvalue weighted by Gasteiger charge is -2.08. The van der Waals surface area contributed by atoms with Crippen LogP contribution < -0.4 is 15.4 Å². The molecule has 3 rings (SSSR count). The number of rotatable bonds is 7. The lowest BCUT2D eigenvalue weighted by molar-refractivity contribution is -0.159. The molecule has 4 N–H and O–H groups in total. The fourth-order valence-corrected chi connectivity index (χ4v) is 2.15. The molecule has 2 aromatic carbocycles. The summed E-state index contributed by atoms with van der Waals surface area (Å²) in [6.45, 7) is 0.729. The molecule has 1 amide bonds. The number of nitrogens with one attached hydrogen (secondary N) is 2. The van der Waals surface area contributed by atoms with E-state index in [1.54, 1.807) is 6.26 Å². The zero-order valence-electron chi connectivity index (χ0n) is 15.8. The van der Waals surface area contributed by atoms with Crippen molar-refractivity contribution < 1.29 is 33.8 Å². The van der Waals surface area contributed by atoms with Crippen LogP contribution in [0.2, 0.25) is 0 Å². The van der Waals surface area contributed by atoms with Crippen LogP contribution in [0.25, 0.3) is 0 Å². The monoisotopic (exact) mass is 412 g/mol. The summed E-state index contributed by atoms with van der Waals surface area (Å²) in [7, 11) is 0. The zero-order chi connectivity index (χ0) is 21.8. The van der Waals surface area contributed by atoms with Gasteiger partial charge in [0.15, 0.2) is 0 Å². The third-order valence-electron chi connectivity index (χ3n) is 3.46. The van der Waals surface area contributed by atoms with Gasteiger partial charge in [-0.2, -0.15) is 0 Å². The molecule has 0 saturated heterocycles. The molecule has 156 valence electrons. The topological polar surface area (TPSA) is 138 Å². The van der Waals surface area contributed by atoms with Gasteiger partial charge in [0.25, 0.3) is 0 Å². The number of benzene rings is 2. The number of anilines is 1. The van der Waals surface area contributed by atoms with Gasteiger partial charge in [0.05, 0.1) is 19.4 Å². The molecule has 9 heteroatoms. The van der Waals surface area contributed by atoms with Crippen molar-refractivity contribution in [2.75, 3.05) is 11.9 Å². The SMILES string of the molecule is O=C(CNCc1ccco1)Nc1ccc(Oc2ccccc2)cc1.O=C(O)C(=O)O. The molecule has 0 aliphatic rings. The highest BCUT2D eigenvalue weighted by atomic mass is 16.5. The maximum Gasteiger partial charge on any atom is 0.414 e. The predicted molar refractivity (Wildman–Crippen MR) is 107 cm³/mol. The van der Waals surface area contributed by atoms with Crippen LogP contribution in [0.3, 0.4) is 0 Å².